The van der Waals surface area contributed by atoms with Crippen LogP contribution in [-0.2, 0) is 9.47 Å². The molecule has 0 amide bonds. The van der Waals surface area contributed by atoms with Crippen LogP contribution in [0.25, 0.3) is 0 Å². The number of benzene rings is 1. The van der Waals surface area contributed by atoms with Crippen LogP contribution in [0.5, 0.6) is 5.75 Å². The van der Waals surface area contributed by atoms with E-state index in [2.05, 4.69) is 9.88 Å². The summed E-state index contributed by atoms with van der Waals surface area (Å²) in [6, 6.07) is 5.02. The van der Waals surface area contributed by atoms with E-state index >= 15 is 0 Å². The minimum Gasteiger partial charge on any atom is -0.485 e. The molecular weight excluding hydrogens is 380 g/mol. The van der Waals surface area contributed by atoms with E-state index < -0.39 is 5.97 Å². The second-order valence-corrected chi connectivity index (χ2v) is 8.32. The Kier molecular flexibility index (Phi) is 5.52. The van der Waals surface area contributed by atoms with Gasteiger partial charge in [-0.2, -0.15) is 0 Å². The third kappa shape index (κ3) is 3.72. The molecule has 1 aromatic carbocycles. The van der Waals surface area contributed by atoms with E-state index in [1.165, 1.54) is 0 Å². The van der Waals surface area contributed by atoms with Crippen molar-refractivity contribution in [2.24, 2.45) is 0 Å². The minimum absolute atomic E-state index is 0.146. The lowest BCUT2D eigenvalue weighted by molar-refractivity contribution is -0.167. The van der Waals surface area contributed by atoms with E-state index in [1.54, 1.807) is 23.5 Å². The number of carboxylic acid groups (broad SMARTS) is 1. The van der Waals surface area contributed by atoms with Gasteiger partial charge in [-0.05, 0) is 45.2 Å². The van der Waals surface area contributed by atoms with Crippen molar-refractivity contribution < 1.29 is 24.1 Å². The lowest BCUT2D eigenvalue weighted by atomic mass is 10.0. The number of para-hydroxylation sites is 1. The fraction of sp³-hybridized carbons (Fsp3) is 0.500. The Morgan fingerprint density at radius 2 is 2.29 bits per heavy atom. The Hall–Kier alpha value is -2.16. The van der Waals surface area contributed by atoms with Gasteiger partial charge < -0.3 is 24.2 Å². The summed E-state index contributed by atoms with van der Waals surface area (Å²) in [7, 11) is 0. The van der Waals surface area contributed by atoms with E-state index in [0.717, 1.165) is 35.9 Å². The number of hydrogen-bond acceptors (Lipinski definition) is 7. The first-order valence-corrected chi connectivity index (χ1v) is 10.3. The molecule has 28 heavy (non-hydrogen) atoms. The van der Waals surface area contributed by atoms with Crippen LogP contribution in [0.4, 0.5) is 10.8 Å². The number of hydrogen-bond donors (Lipinski definition) is 1. The summed E-state index contributed by atoms with van der Waals surface area (Å²) in [5.74, 6) is -0.634. The minimum atomic E-state index is -1.01. The molecule has 8 heteroatoms. The van der Waals surface area contributed by atoms with Gasteiger partial charge in [0.2, 0.25) is 0 Å². The van der Waals surface area contributed by atoms with Gasteiger partial charge in [-0.3, -0.25) is 0 Å². The van der Waals surface area contributed by atoms with Crippen LogP contribution >= 0.6 is 11.3 Å². The van der Waals surface area contributed by atoms with Crippen LogP contribution in [0, 0.1) is 6.92 Å². The van der Waals surface area contributed by atoms with Gasteiger partial charge in [-0.1, -0.05) is 6.07 Å². The van der Waals surface area contributed by atoms with Gasteiger partial charge in [0.1, 0.15) is 11.7 Å². The van der Waals surface area contributed by atoms with Crippen molar-refractivity contribution >= 4 is 28.1 Å². The van der Waals surface area contributed by atoms with Crippen LogP contribution in [0.15, 0.2) is 24.4 Å². The second kappa shape index (κ2) is 8.06. The Labute approximate surface area is 167 Å². The number of aromatic carboxylic acids is 1. The van der Waals surface area contributed by atoms with E-state index in [0.29, 0.717) is 18.0 Å². The van der Waals surface area contributed by atoms with Crippen molar-refractivity contribution in [2.45, 2.75) is 51.5 Å². The van der Waals surface area contributed by atoms with Gasteiger partial charge in [-0.15, -0.1) is 11.3 Å². The fourth-order valence-corrected chi connectivity index (χ4v) is 4.45. The lowest BCUT2D eigenvalue weighted by Crippen LogP contribution is -2.49. The summed E-state index contributed by atoms with van der Waals surface area (Å²) in [4.78, 5) is 19.4. The Balaban J connectivity index is 1.68. The van der Waals surface area contributed by atoms with E-state index in [4.69, 9.17) is 14.2 Å². The van der Waals surface area contributed by atoms with Crippen molar-refractivity contribution in [1.29, 1.82) is 0 Å². The van der Waals surface area contributed by atoms with Crippen LogP contribution in [0.3, 0.4) is 0 Å². The molecule has 4 rings (SSSR count). The number of carbonyl (C=O) groups is 1. The molecule has 2 unspecified atom stereocenters. The maximum absolute atomic E-state index is 11.7. The standard InChI is InChI=1S/C20H24N2O5S/c1-12-10-21-20(28-12)22-15-7-5-6-14(19(23)24)18(15)27-13(2)16(22)11-26-17-8-3-4-9-25-17/h5-7,10,13,16-17H,3-4,8-9,11H2,1-2H3,(H,23,24)/t13-,16?,17?/m0/s1. The number of nitrogens with zero attached hydrogens (tertiary/aromatic N) is 2. The zero-order valence-electron chi connectivity index (χ0n) is 16.0. The zero-order valence-corrected chi connectivity index (χ0v) is 16.8. The third-order valence-corrected chi connectivity index (χ3v) is 5.98. The lowest BCUT2D eigenvalue weighted by Gasteiger charge is -2.41. The van der Waals surface area contributed by atoms with Crippen molar-refractivity contribution in [2.75, 3.05) is 18.1 Å². The van der Waals surface area contributed by atoms with Crippen molar-refractivity contribution in [3.8, 4) is 5.75 Å². The number of thiazole rings is 1. The number of rotatable bonds is 5. The maximum atomic E-state index is 11.7. The zero-order chi connectivity index (χ0) is 19.7. The number of anilines is 2. The first-order chi connectivity index (χ1) is 13.5. The molecule has 3 heterocycles. The molecule has 1 fully saturated rings. The quantitative estimate of drug-likeness (QED) is 0.807. The molecule has 0 aliphatic carbocycles. The van der Waals surface area contributed by atoms with E-state index in [1.807, 2.05) is 26.1 Å². The number of aromatic nitrogens is 1. The summed E-state index contributed by atoms with van der Waals surface area (Å²) in [6.07, 6.45) is 4.40. The highest BCUT2D eigenvalue weighted by Crippen LogP contribution is 2.44. The molecule has 1 aromatic heterocycles. The average Bonchev–Trinajstić information content (AvgIpc) is 3.12. The largest absolute Gasteiger partial charge is 0.485 e. The van der Waals surface area contributed by atoms with Gasteiger partial charge >= 0.3 is 5.97 Å². The Morgan fingerprint density at radius 1 is 1.43 bits per heavy atom. The number of ether oxygens (including phenoxy) is 3. The van der Waals surface area contributed by atoms with Crippen LogP contribution in [-0.4, -0.2) is 47.7 Å². The number of fused-ring (bicyclic) bond motifs is 1. The smallest absolute Gasteiger partial charge is 0.339 e. The van der Waals surface area contributed by atoms with Crippen molar-refractivity contribution in [3.05, 3.63) is 34.8 Å². The second-order valence-electron chi connectivity index (χ2n) is 7.10. The molecule has 2 aliphatic rings. The predicted octanol–water partition coefficient (Wildman–Crippen LogP) is 3.98. The summed E-state index contributed by atoms with van der Waals surface area (Å²) in [5.41, 5.74) is 0.850. The highest BCUT2D eigenvalue weighted by atomic mass is 32.1. The normalized spacial score (nSPS) is 24.5. The first kappa shape index (κ1) is 19.2. The van der Waals surface area contributed by atoms with Crippen LogP contribution in [0.2, 0.25) is 0 Å². The molecule has 0 saturated carbocycles. The topological polar surface area (TPSA) is 81.1 Å². The number of carboxylic acids is 1. The molecular formula is C20H24N2O5S. The molecule has 2 aliphatic heterocycles. The van der Waals surface area contributed by atoms with Gasteiger partial charge in [-0.25, -0.2) is 9.78 Å². The number of aryl methyl sites for hydroxylation is 1. The highest BCUT2D eigenvalue weighted by Gasteiger charge is 2.38. The third-order valence-electron chi connectivity index (χ3n) is 5.07. The SMILES string of the molecule is Cc1cnc(N2c3cccc(C(=O)O)c3O[C@@H](C)C2COC2CCCCO2)s1. The Bertz CT molecular complexity index is 849. The summed E-state index contributed by atoms with van der Waals surface area (Å²) in [5, 5.41) is 10.4. The van der Waals surface area contributed by atoms with Gasteiger partial charge in [0.25, 0.3) is 0 Å². The van der Waals surface area contributed by atoms with Gasteiger partial charge in [0.15, 0.2) is 17.2 Å². The molecule has 3 atom stereocenters. The highest BCUT2D eigenvalue weighted by molar-refractivity contribution is 7.15. The molecule has 0 bridgehead atoms. The molecule has 1 N–H and O–H groups in total. The van der Waals surface area contributed by atoms with Gasteiger partial charge in [0, 0.05) is 17.7 Å². The molecule has 1 saturated heterocycles. The maximum Gasteiger partial charge on any atom is 0.339 e. The summed E-state index contributed by atoms with van der Waals surface area (Å²) < 4.78 is 17.8. The van der Waals surface area contributed by atoms with Crippen molar-refractivity contribution in [1.82, 2.24) is 4.98 Å². The first-order valence-electron chi connectivity index (χ1n) is 9.52. The van der Waals surface area contributed by atoms with Crippen molar-refractivity contribution in [3.63, 3.8) is 0 Å². The summed E-state index contributed by atoms with van der Waals surface area (Å²) >= 11 is 1.56. The fourth-order valence-electron chi connectivity index (χ4n) is 3.62. The van der Waals surface area contributed by atoms with E-state index in [9.17, 15) is 9.90 Å². The summed E-state index contributed by atoms with van der Waals surface area (Å²) in [6.45, 7) is 5.06. The monoisotopic (exact) mass is 404 g/mol. The molecule has 0 radical (unpaired) electrons. The van der Waals surface area contributed by atoms with E-state index in [-0.39, 0.29) is 24.0 Å². The van der Waals surface area contributed by atoms with Crippen LogP contribution < -0.4 is 9.64 Å². The average molecular weight is 404 g/mol. The predicted molar refractivity (Wildman–Crippen MR) is 106 cm³/mol. The van der Waals surface area contributed by atoms with Crippen LogP contribution in [0.1, 0.15) is 41.4 Å². The molecule has 7 nitrogen and oxygen atoms in total. The molecule has 2 aromatic rings. The Morgan fingerprint density at radius 3 is 2.96 bits per heavy atom. The van der Waals surface area contributed by atoms with Gasteiger partial charge in [0.05, 0.1) is 18.3 Å². The molecule has 0 spiro atoms. The molecule has 150 valence electrons.